The molecule has 0 aliphatic rings. The molecule has 0 atom stereocenters. The summed E-state index contributed by atoms with van der Waals surface area (Å²) in [5.74, 6) is 0.0181. The molecule has 0 amide bonds. The minimum Gasteiger partial charge on any atom is -0.466 e. The van der Waals surface area contributed by atoms with Crippen molar-refractivity contribution < 1.29 is 19.1 Å². The molecule has 0 rings (SSSR count). The van der Waals surface area contributed by atoms with Crippen molar-refractivity contribution in [1.82, 2.24) is 0 Å². The van der Waals surface area contributed by atoms with Crippen molar-refractivity contribution in [2.45, 2.75) is 304 Å². The predicted octanol–water partition coefficient (Wildman–Crippen LogP) is 17.9. The molecule has 0 radical (unpaired) electrons. The molecule has 330 valence electrons. The third-order valence-corrected chi connectivity index (χ3v) is 11.2. The lowest BCUT2D eigenvalue weighted by Crippen LogP contribution is -2.05. The maximum absolute atomic E-state index is 11.6. The van der Waals surface area contributed by atoms with Gasteiger partial charge in [-0.1, -0.05) is 265 Å². The van der Waals surface area contributed by atoms with E-state index < -0.39 is 0 Å². The molecule has 55 heavy (non-hydrogen) atoms. The van der Waals surface area contributed by atoms with E-state index in [2.05, 4.69) is 27.7 Å². The summed E-state index contributed by atoms with van der Waals surface area (Å²) < 4.78 is 10.6. The fourth-order valence-electron chi connectivity index (χ4n) is 7.39. The fourth-order valence-corrected chi connectivity index (χ4v) is 7.39. The average molecular weight is 779 g/mol. The Morgan fingerprint density at radius 2 is 0.400 bits per heavy atom. The molecule has 0 saturated heterocycles. The van der Waals surface area contributed by atoms with E-state index in [4.69, 9.17) is 9.47 Å². The van der Waals surface area contributed by atoms with Gasteiger partial charge in [0.15, 0.2) is 0 Å². The number of hydrogen-bond acceptors (Lipinski definition) is 4. The average Bonchev–Trinajstić information content (AvgIpc) is 3.19. The van der Waals surface area contributed by atoms with Crippen LogP contribution in [0.4, 0.5) is 0 Å². The van der Waals surface area contributed by atoms with Gasteiger partial charge in [0.05, 0.1) is 13.2 Å². The van der Waals surface area contributed by atoms with Crippen LogP contribution in [-0.4, -0.2) is 25.2 Å². The quantitative estimate of drug-likeness (QED) is 0.0456. The van der Waals surface area contributed by atoms with Gasteiger partial charge >= 0.3 is 11.9 Å². The van der Waals surface area contributed by atoms with E-state index in [1.807, 2.05) is 0 Å². The van der Waals surface area contributed by atoms with E-state index in [1.54, 1.807) is 0 Å². The predicted molar refractivity (Wildman–Crippen MR) is 243 cm³/mol. The molecular formula is C51H102O4. The Kier molecular flexibility index (Phi) is 53.9. The van der Waals surface area contributed by atoms with Crippen molar-refractivity contribution in [1.29, 1.82) is 0 Å². The summed E-state index contributed by atoms with van der Waals surface area (Å²) in [6.45, 7) is 10.2. The standard InChI is InChI=1S/C26H52O2.C25H50O2/c1-3-5-7-9-10-11-12-13-14-15-16-17-18-19-21-23-25-28-26(27)24-22-20-8-6-4-2;1-3-5-7-9-10-11-12-13-14-15-16-17-18-19-20-22-24-27-25(26)23-21-8-6-4-2/h3-25H2,1-2H3;3-24H2,1-2H3. The SMILES string of the molecule is CCCCCCCCCCCCCCCCCCOC(=O)CCCCCC.CCCCCCCCCCCCCCCCCCOC(=O)CCCCCCC. The Morgan fingerprint density at radius 1 is 0.236 bits per heavy atom. The minimum atomic E-state index is 0.00654. The Morgan fingerprint density at radius 3 is 0.618 bits per heavy atom. The Bertz CT molecular complexity index is 707. The third-order valence-electron chi connectivity index (χ3n) is 11.2. The molecular weight excluding hydrogens is 677 g/mol. The monoisotopic (exact) mass is 779 g/mol. The second-order valence-electron chi connectivity index (χ2n) is 17.0. The molecule has 0 spiro atoms. The number of rotatable bonds is 45. The second-order valence-corrected chi connectivity index (χ2v) is 17.0. The maximum Gasteiger partial charge on any atom is 0.305 e. The Labute approximate surface area is 347 Å². The van der Waals surface area contributed by atoms with Crippen molar-refractivity contribution in [3.8, 4) is 0 Å². The number of carbonyl (C=O) groups is 2. The second kappa shape index (κ2) is 52.9. The van der Waals surface area contributed by atoms with Gasteiger partial charge in [-0.15, -0.1) is 0 Å². The first-order chi connectivity index (χ1) is 27.1. The zero-order valence-electron chi connectivity index (χ0n) is 38.5. The van der Waals surface area contributed by atoms with E-state index >= 15 is 0 Å². The van der Waals surface area contributed by atoms with Crippen molar-refractivity contribution in [2.75, 3.05) is 13.2 Å². The summed E-state index contributed by atoms with van der Waals surface area (Å²) in [5, 5.41) is 0. The highest BCUT2D eigenvalue weighted by atomic mass is 16.5. The molecule has 4 nitrogen and oxygen atoms in total. The molecule has 0 unspecified atom stereocenters. The van der Waals surface area contributed by atoms with Gasteiger partial charge in [-0.05, 0) is 25.7 Å². The van der Waals surface area contributed by atoms with Crippen LogP contribution >= 0.6 is 0 Å². The van der Waals surface area contributed by atoms with Crippen LogP contribution in [0.3, 0.4) is 0 Å². The Balaban J connectivity index is 0. The van der Waals surface area contributed by atoms with Crippen LogP contribution < -0.4 is 0 Å². The van der Waals surface area contributed by atoms with E-state index in [-0.39, 0.29) is 11.9 Å². The van der Waals surface area contributed by atoms with Gasteiger partial charge in [0.1, 0.15) is 0 Å². The number of carbonyl (C=O) groups excluding carboxylic acids is 2. The summed E-state index contributed by atoms with van der Waals surface area (Å²) >= 11 is 0. The lowest BCUT2D eigenvalue weighted by atomic mass is 10.0. The molecule has 0 aliphatic carbocycles. The summed E-state index contributed by atoms with van der Waals surface area (Å²) in [6, 6.07) is 0. The normalized spacial score (nSPS) is 11.1. The molecule has 0 saturated carbocycles. The smallest absolute Gasteiger partial charge is 0.305 e. The summed E-state index contributed by atoms with van der Waals surface area (Å²) in [5.41, 5.74) is 0. The van der Waals surface area contributed by atoms with Crippen LogP contribution in [0.25, 0.3) is 0 Å². The van der Waals surface area contributed by atoms with E-state index in [0.29, 0.717) is 26.1 Å². The van der Waals surface area contributed by atoms with Gasteiger partial charge in [-0.3, -0.25) is 9.59 Å². The van der Waals surface area contributed by atoms with Crippen LogP contribution in [0.2, 0.25) is 0 Å². The van der Waals surface area contributed by atoms with E-state index in [0.717, 1.165) is 32.1 Å². The topological polar surface area (TPSA) is 52.6 Å². The fraction of sp³-hybridized carbons (Fsp3) is 0.961. The highest BCUT2D eigenvalue weighted by Gasteiger charge is 2.04. The van der Waals surface area contributed by atoms with Crippen molar-refractivity contribution in [3.63, 3.8) is 0 Å². The number of ether oxygens (including phenoxy) is 2. The van der Waals surface area contributed by atoms with Crippen molar-refractivity contribution >= 4 is 11.9 Å². The molecule has 0 N–H and O–H groups in total. The van der Waals surface area contributed by atoms with Crippen LogP contribution in [0.5, 0.6) is 0 Å². The first kappa shape index (κ1) is 56.0. The Hall–Kier alpha value is -1.06. The first-order valence-corrected chi connectivity index (χ1v) is 25.4. The number of esters is 2. The van der Waals surface area contributed by atoms with Crippen LogP contribution in [-0.2, 0) is 19.1 Å². The van der Waals surface area contributed by atoms with Gasteiger partial charge in [-0.25, -0.2) is 0 Å². The molecule has 0 aromatic heterocycles. The van der Waals surface area contributed by atoms with E-state index in [9.17, 15) is 9.59 Å². The minimum absolute atomic E-state index is 0.00654. The number of unbranched alkanes of at least 4 members (excludes halogenated alkanes) is 37. The van der Waals surface area contributed by atoms with E-state index in [1.165, 1.54) is 231 Å². The van der Waals surface area contributed by atoms with Gasteiger partial charge in [0, 0.05) is 12.8 Å². The van der Waals surface area contributed by atoms with Crippen LogP contribution in [0.15, 0.2) is 0 Å². The first-order valence-electron chi connectivity index (χ1n) is 25.4. The number of hydrogen-bond donors (Lipinski definition) is 0. The van der Waals surface area contributed by atoms with Gasteiger partial charge in [0.25, 0.3) is 0 Å². The van der Waals surface area contributed by atoms with Crippen LogP contribution in [0.1, 0.15) is 304 Å². The highest BCUT2D eigenvalue weighted by molar-refractivity contribution is 5.69. The molecule has 0 fully saturated rings. The molecule has 0 aromatic rings. The molecule has 0 aliphatic heterocycles. The zero-order chi connectivity index (χ0) is 40.4. The lowest BCUT2D eigenvalue weighted by Gasteiger charge is -2.05. The summed E-state index contributed by atoms with van der Waals surface area (Å²) in [6.07, 6.45) is 55.8. The highest BCUT2D eigenvalue weighted by Crippen LogP contribution is 2.16. The third kappa shape index (κ3) is 55.1. The summed E-state index contributed by atoms with van der Waals surface area (Å²) in [4.78, 5) is 23.2. The molecule has 4 heteroatoms. The molecule has 0 bridgehead atoms. The maximum atomic E-state index is 11.6. The van der Waals surface area contributed by atoms with Gasteiger partial charge < -0.3 is 9.47 Å². The molecule has 0 heterocycles. The van der Waals surface area contributed by atoms with Crippen molar-refractivity contribution in [3.05, 3.63) is 0 Å². The summed E-state index contributed by atoms with van der Waals surface area (Å²) in [7, 11) is 0. The largest absolute Gasteiger partial charge is 0.466 e. The van der Waals surface area contributed by atoms with Crippen molar-refractivity contribution in [2.24, 2.45) is 0 Å². The van der Waals surface area contributed by atoms with Crippen LogP contribution in [0, 0.1) is 0 Å². The van der Waals surface area contributed by atoms with Gasteiger partial charge in [0.2, 0.25) is 0 Å². The van der Waals surface area contributed by atoms with Gasteiger partial charge in [-0.2, -0.15) is 0 Å². The molecule has 0 aromatic carbocycles. The zero-order valence-corrected chi connectivity index (χ0v) is 38.5. The lowest BCUT2D eigenvalue weighted by molar-refractivity contribution is -0.144.